The van der Waals surface area contributed by atoms with Gasteiger partial charge in [0.05, 0.1) is 0 Å². The van der Waals surface area contributed by atoms with Crippen LogP contribution in [0.15, 0.2) is 0 Å². The molecule has 0 fully saturated rings. The van der Waals surface area contributed by atoms with Crippen molar-refractivity contribution in [2.45, 2.75) is 0 Å². The van der Waals surface area contributed by atoms with Crippen LogP contribution >= 0.6 is 7.41 Å². The van der Waals surface area contributed by atoms with E-state index in [1.54, 1.807) is 7.41 Å². The number of hydrogen-bond acceptors (Lipinski definition) is 2. The fourth-order valence-corrected chi connectivity index (χ4v) is 2.20. The van der Waals surface area contributed by atoms with E-state index in [1.807, 2.05) is 0 Å². The van der Waals surface area contributed by atoms with Gasteiger partial charge in [-0.2, -0.15) is 0 Å². The third-order valence-electron chi connectivity index (χ3n) is 0.0943. The summed E-state index contributed by atoms with van der Waals surface area (Å²) in [5.74, 6) is 0. The Morgan fingerprint density at radius 2 is 2.60 bits per heavy atom. The molecule has 0 aromatic rings. The summed E-state index contributed by atoms with van der Waals surface area (Å²) in [5.41, 5.74) is 0. The topological polar surface area (TPSA) is 20.2 Å². The minimum atomic E-state index is -0.325. The molecule has 0 heterocycles. The van der Waals surface area contributed by atoms with E-state index in [4.69, 9.17) is 5.11 Å². The first-order valence-electron chi connectivity index (χ1n) is 0.882. The van der Waals surface area contributed by atoms with E-state index in [0.29, 0.717) is 0 Å². The quantitative estimate of drug-likeness (QED) is 0.618. The molecule has 0 aromatic heterocycles. The third-order valence-corrected chi connectivity index (χ3v) is 5.88. The molecule has 0 aliphatic rings. The fraction of sp³-hybridized carbons (Fsp3) is 0. The van der Waals surface area contributed by atoms with Crippen LogP contribution in [-0.2, 0) is 0 Å². The molecular weight excluding hydrogens is 267 g/mol. The molecule has 0 spiro atoms. The number of hydrogen-bond donors (Lipinski definition) is 1. The van der Waals surface area contributed by atoms with Gasteiger partial charge in [-0.15, -0.1) is 0 Å². The molecule has 0 bridgehead atoms. The van der Waals surface area contributed by atoms with E-state index in [9.17, 15) is 0 Å². The summed E-state index contributed by atoms with van der Waals surface area (Å²) in [7, 11) is 1.68. The molecule has 0 aliphatic carbocycles. The molecule has 0 aliphatic heterocycles. The molecule has 1 nitrogen and oxygen atoms in total. The SMILES string of the molecule is OC=[TeH]S[SeH]. The van der Waals surface area contributed by atoms with Crippen molar-refractivity contribution in [3.05, 3.63) is 0 Å². The molecule has 0 rings (SSSR count). The number of aliphatic hydroxyl groups excluding tert-OH is 1. The van der Waals surface area contributed by atoms with Gasteiger partial charge in [-0.3, -0.25) is 0 Å². The first-order valence-corrected chi connectivity index (χ1v) is 8.51. The van der Waals surface area contributed by atoms with Gasteiger partial charge in [0.1, 0.15) is 0 Å². The van der Waals surface area contributed by atoms with Gasteiger partial charge in [-0.05, 0) is 0 Å². The molecule has 0 radical (unpaired) electrons. The fourth-order valence-electron chi connectivity index (χ4n) is 0.0211. The summed E-state index contributed by atoms with van der Waals surface area (Å²) in [6.07, 6.45) is 0. The second kappa shape index (κ2) is 5.49. The molecule has 0 atom stereocenters. The van der Waals surface area contributed by atoms with Crippen LogP contribution in [-0.4, -0.2) is 43.3 Å². The maximum atomic E-state index is 7.98. The first kappa shape index (κ1) is 6.49. The van der Waals surface area contributed by atoms with Crippen molar-refractivity contribution >= 4 is 45.6 Å². The zero-order valence-electron chi connectivity index (χ0n) is 2.33. The van der Waals surface area contributed by atoms with Gasteiger partial charge in [0.25, 0.3) is 0 Å². The van der Waals surface area contributed by atoms with Crippen molar-refractivity contribution in [2.24, 2.45) is 0 Å². The number of rotatable bonds is 1. The van der Waals surface area contributed by atoms with Crippen molar-refractivity contribution < 1.29 is 5.11 Å². The summed E-state index contributed by atoms with van der Waals surface area (Å²) in [4.78, 5) is 0. The Balaban J connectivity index is 2.62. The zero-order chi connectivity index (χ0) is 4.12. The third kappa shape index (κ3) is 5.49. The molecule has 32 valence electrons. The van der Waals surface area contributed by atoms with Crippen LogP contribution < -0.4 is 0 Å². The average molecular weight is 271 g/mol. The average Bonchev–Trinajstić information content (AvgIpc) is 1.41. The standard InChI is InChI=1S/CH4OSSeTe/c2-1-5-3-4/h1-2,4-5H. The van der Waals surface area contributed by atoms with Crippen LogP contribution in [0, 0.1) is 0 Å². The molecule has 4 heteroatoms. The Kier molecular flexibility index (Phi) is 7.12. The summed E-state index contributed by atoms with van der Waals surface area (Å²) in [6.45, 7) is 0. The van der Waals surface area contributed by atoms with Crippen molar-refractivity contribution in [1.82, 2.24) is 0 Å². The second-order valence-corrected chi connectivity index (χ2v) is 11.4. The summed E-state index contributed by atoms with van der Waals surface area (Å²) >= 11 is 2.04. The molecule has 1 N–H and O–H groups in total. The van der Waals surface area contributed by atoms with E-state index >= 15 is 0 Å². The van der Waals surface area contributed by atoms with E-state index in [-0.39, 0.29) is 19.1 Å². The van der Waals surface area contributed by atoms with E-state index < -0.39 is 0 Å². The van der Waals surface area contributed by atoms with Crippen molar-refractivity contribution in [3.63, 3.8) is 0 Å². The maximum absolute atomic E-state index is 7.98. The van der Waals surface area contributed by atoms with Crippen LogP contribution in [0.5, 0.6) is 0 Å². The van der Waals surface area contributed by atoms with Crippen molar-refractivity contribution in [2.75, 3.05) is 0 Å². The summed E-state index contributed by atoms with van der Waals surface area (Å²) in [5, 5.41) is 7.98. The van der Waals surface area contributed by atoms with E-state index in [2.05, 4.69) is 14.9 Å². The van der Waals surface area contributed by atoms with Gasteiger partial charge in [-0.25, -0.2) is 0 Å². The Labute approximate surface area is 50.4 Å². The van der Waals surface area contributed by atoms with Crippen LogP contribution in [0.4, 0.5) is 0 Å². The van der Waals surface area contributed by atoms with Gasteiger partial charge < -0.3 is 0 Å². The van der Waals surface area contributed by atoms with Gasteiger partial charge >= 0.3 is 50.7 Å². The molecule has 0 saturated carbocycles. The molecule has 0 unspecified atom stereocenters. The van der Waals surface area contributed by atoms with Gasteiger partial charge in [-0.1, -0.05) is 0 Å². The zero-order valence-corrected chi connectivity index (χ0v) is 7.57. The molecule has 0 amide bonds. The Bertz CT molecular complexity index is 38.6. The van der Waals surface area contributed by atoms with Crippen molar-refractivity contribution in [3.8, 4) is 0 Å². The Hall–Kier alpha value is 1.49. The first-order chi connectivity index (χ1) is 2.41. The summed E-state index contributed by atoms with van der Waals surface area (Å²) in [6, 6.07) is 0. The van der Waals surface area contributed by atoms with E-state index in [0.717, 1.165) is 0 Å². The monoisotopic (exact) mass is 274 g/mol. The van der Waals surface area contributed by atoms with Crippen LogP contribution in [0.1, 0.15) is 0 Å². The van der Waals surface area contributed by atoms with Gasteiger partial charge in [0.15, 0.2) is 0 Å². The Morgan fingerprint density at radius 3 is 2.60 bits per heavy atom. The molecule has 0 saturated heterocycles. The number of aliphatic hydroxyl groups is 1. The molecular formula is CH4OSSeTe. The molecule has 5 heavy (non-hydrogen) atoms. The second-order valence-electron chi connectivity index (χ2n) is 0.303. The predicted octanol–water partition coefficient (Wildman–Crippen LogP) is -0.981. The summed E-state index contributed by atoms with van der Waals surface area (Å²) < 4.78 is 1.28. The van der Waals surface area contributed by atoms with Gasteiger partial charge in [0.2, 0.25) is 0 Å². The predicted molar refractivity (Wildman–Crippen MR) is 29.9 cm³/mol. The van der Waals surface area contributed by atoms with Crippen LogP contribution in [0.25, 0.3) is 0 Å². The Morgan fingerprint density at radius 1 is 2.00 bits per heavy atom. The van der Waals surface area contributed by atoms with E-state index in [1.165, 1.54) is 4.24 Å². The molecule has 0 aromatic carbocycles. The minimum absolute atomic E-state index is 0.325. The van der Waals surface area contributed by atoms with Crippen LogP contribution in [0.2, 0.25) is 0 Å². The van der Waals surface area contributed by atoms with Crippen molar-refractivity contribution in [1.29, 1.82) is 0 Å². The van der Waals surface area contributed by atoms with Gasteiger partial charge in [0, 0.05) is 0 Å². The van der Waals surface area contributed by atoms with Crippen LogP contribution in [0.3, 0.4) is 0 Å². The normalized spacial score (nSPS) is 11.6.